The molecule has 1 aliphatic heterocycles. The van der Waals surface area contributed by atoms with Crippen molar-refractivity contribution in [2.24, 2.45) is 0 Å². The Balaban J connectivity index is 0.00000147. The van der Waals surface area contributed by atoms with Gasteiger partial charge in [0.2, 0.25) is 5.91 Å². The molecule has 6 heteroatoms. The first kappa shape index (κ1) is 14.8. The highest BCUT2D eigenvalue weighted by molar-refractivity contribution is 5.90. The average Bonchev–Trinajstić information content (AvgIpc) is 3.22. The van der Waals surface area contributed by atoms with Crippen LogP contribution in [-0.2, 0) is 9.59 Å². The number of carbonyl (C=O) groups is 2. The Labute approximate surface area is 123 Å². The van der Waals surface area contributed by atoms with Crippen molar-refractivity contribution in [3.8, 4) is 0 Å². The van der Waals surface area contributed by atoms with E-state index < -0.39 is 11.5 Å². The predicted molar refractivity (Wildman–Crippen MR) is 75.7 cm³/mol. The quantitative estimate of drug-likeness (QED) is 0.879. The van der Waals surface area contributed by atoms with Gasteiger partial charge in [-0.25, -0.2) is 4.79 Å². The zero-order chi connectivity index (χ0) is 13.5. The minimum absolute atomic E-state index is 0. The van der Waals surface area contributed by atoms with E-state index >= 15 is 0 Å². The van der Waals surface area contributed by atoms with Crippen molar-refractivity contribution >= 4 is 24.3 Å². The van der Waals surface area contributed by atoms with E-state index in [1.165, 1.54) is 0 Å². The van der Waals surface area contributed by atoms with Crippen LogP contribution >= 0.6 is 12.4 Å². The SMILES string of the molecule is Cl.O=C1CNC(c2ccccc2)CN1C1(C(=O)O)CC1. The van der Waals surface area contributed by atoms with Gasteiger partial charge < -0.3 is 10.0 Å². The van der Waals surface area contributed by atoms with Crippen LogP contribution in [0.5, 0.6) is 0 Å². The van der Waals surface area contributed by atoms with E-state index in [4.69, 9.17) is 0 Å². The summed E-state index contributed by atoms with van der Waals surface area (Å²) in [4.78, 5) is 24.9. The summed E-state index contributed by atoms with van der Waals surface area (Å²) in [6.07, 6.45) is 1.13. The van der Waals surface area contributed by atoms with Crippen molar-refractivity contribution in [2.45, 2.75) is 24.4 Å². The van der Waals surface area contributed by atoms with Gasteiger partial charge >= 0.3 is 5.97 Å². The van der Waals surface area contributed by atoms with Gasteiger partial charge in [0.1, 0.15) is 5.54 Å². The maximum atomic E-state index is 12.0. The number of carbonyl (C=O) groups excluding carboxylic acids is 1. The minimum Gasteiger partial charge on any atom is -0.479 e. The number of piperazine rings is 1. The summed E-state index contributed by atoms with van der Waals surface area (Å²) in [7, 11) is 0. The maximum Gasteiger partial charge on any atom is 0.329 e. The van der Waals surface area contributed by atoms with E-state index in [0.717, 1.165) is 5.56 Å². The van der Waals surface area contributed by atoms with E-state index in [0.29, 0.717) is 19.4 Å². The lowest BCUT2D eigenvalue weighted by Gasteiger charge is -2.37. The Morgan fingerprint density at radius 1 is 1.30 bits per heavy atom. The van der Waals surface area contributed by atoms with Crippen molar-refractivity contribution in [1.29, 1.82) is 0 Å². The first-order chi connectivity index (χ1) is 9.13. The van der Waals surface area contributed by atoms with Gasteiger partial charge in [0, 0.05) is 6.54 Å². The fraction of sp³-hybridized carbons (Fsp3) is 0.429. The number of hydrogen-bond acceptors (Lipinski definition) is 3. The van der Waals surface area contributed by atoms with Gasteiger partial charge in [0.25, 0.3) is 0 Å². The molecule has 0 bridgehead atoms. The van der Waals surface area contributed by atoms with Gasteiger partial charge in [0.15, 0.2) is 0 Å². The molecule has 1 aromatic carbocycles. The van der Waals surface area contributed by atoms with Crippen LogP contribution in [0.25, 0.3) is 0 Å². The molecule has 0 aromatic heterocycles. The molecule has 0 spiro atoms. The molecule has 2 fully saturated rings. The molecule has 5 nitrogen and oxygen atoms in total. The van der Waals surface area contributed by atoms with Crippen LogP contribution in [0, 0.1) is 0 Å². The van der Waals surface area contributed by atoms with Crippen LogP contribution in [-0.4, -0.2) is 40.5 Å². The lowest BCUT2D eigenvalue weighted by molar-refractivity contribution is -0.153. The summed E-state index contributed by atoms with van der Waals surface area (Å²) in [6, 6.07) is 9.83. The molecule has 1 amide bonds. The van der Waals surface area contributed by atoms with Gasteiger partial charge in [0.05, 0.1) is 12.6 Å². The molecule has 1 saturated carbocycles. The predicted octanol–water partition coefficient (Wildman–Crippen LogP) is 1.20. The second kappa shape index (κ2) is 5.42. The second-order valence-corrected chi connectivity index (χ2v) is 5.19. The van der Waals surface area contributed by atoms with Gasteiger partial charge in [-0.3, -0.25) is 10.1 Å². The molecule has 1 heterocycles. The number of hydrogen-bond donors (Lipinski definition) is 2. The molecule has 1 atom stereocenters. The van der Waals surface area contributed by atoms with Crippen LogP contribution < -0.4 is 5.32 Å². The number of aliphatic carboxylic acids is 1. The van der Waals surface area contributed by atoms with Crippen molar-refractivity contribution in [2.75, 3.05) is 13.1 Å². The molecular weight excluding hydrogens is 280 g/mol. The smallest absolute Gasteiger partial charge is 0.329 e. The maximum absolute atomic E-state index is 12.0. The molecular formula is C14H17ClN2O3. The molecule has 1 saturated heterocycles. The first-order valence-corrected chi connectivity index (χ1v) is 6.46. The summed E-state index contributed by atoms with van der Waals surface area (Å²) in [6.45, 7) is 0.629. The van der Waals surface area contributed by atoms with Crippen LogP contribution in [0.1, 0.15) is 24.4 Å². The fourth-order valence-corrected chi connectivity index (χ4v) is 2.69. The third kappa shape index (κ3) is 2.39. The van der Waals surface area contributed by atoms with E-state index in [-0.39, 0.29) is 30.9 Å². The van der Waals surface area contributed by atoms with Gasteiger partial charge in [-0.05, 0) is 18.4 Å². The van der Waals surface area contributed by atoms with E-state index in [1.54, 1.807) is 4.90 Å². The Bertz CT molecular complexity index is 516. The zero-order valence-corrected chi connectivity index (χ0v) is 11.7. The number of rotatable bonds is 3. The van der Waals surface area contributed by atoms with E-state index in [2.05, 4.69) is 5.32 Å². The monoisotopic (exact) mass is 296 g/mol. The van der Waals surface area contributed by atoms with Gasteiger partial charge in [-0.2, -0.15) is 0 Å². The summed E-state index contributed by atoms with van der Waals surface area (Å²) in [5, 5.41) is 12.5. The standard InChI is InChI=1S/C14H16N2O3.ClH/c17-12-8-15-11(10-4-2-1-3-5-10)9-16(12)14(6-7-14)13(18)19;/h1-5,11,15H,6-9H2,(H,18,19);1H. The third-order valence-corrected chi connectivity index (χ3v) is 4.01. The zero-order valence-electron chi connectivity index (χ0n) is 10.9. The fourth-order valence-electron chi connectivity index (χ4n) is 2.69. The number of amides is 1. The lowest BCUT2D eigenvalue weighted by Crippen LogP contribution is -2.57. The molecule has 2 N–H and O–H groups in total. The molecule has 1 aliphatic carbocycles. The molecule has 1 unspecified atom stereocenters. The van der Waals surface area contributed by atoms with Crippen molar-refractivity contribution in [1.82, 2.24) is 10.2 Å². The number of nitrogens with one attached hydrogen (secondary N) is 1. The first-order valence-electron chi connectivity index (χ1n) is 6.46. The highest BCUT2D eigenvalue weighted by Crippen LogP contribution is 2.43. The summed E-state index contributed by atoms with van der Waals surface area (Å²) < 4.78 is 0. The Kier molecular flexibility index (Phi) is 4.01. The minimum atomic E-state index is -0.938. The summed E-state index contributed by atoms with van der Waals surface area (Å²) in [5.74, 6) is -0.998. The second-order valence-electron chi connectivity index (χ2n) is 5.19. The van der Waals surface area contributed by atoms with Crippen LogP contribution in [0.2, 0.25) is 0 Å². The van der Waals surface area contributed by atoms with Crippen LogP contribution in [0.15, 0.2) is 30.3 Å². The van der Waals surface area contributed by atoms with E-state index in [9.17, 15) is 14.7 Å². The Morgan fingerprint density at radius 2 is 1.95 bits per heavy atom. The van der Waals surface area contributed by atoms with Gasteiger partial charge in [-0.15, -0.1) is 12.4 Å². The number of benzene rings is 1. The molecule has 3 rings (SSSR count). The topological polar surface area (TPSA) is 69.6 Å². The van der Waals surface area contributed by atoms with Crippen molar-refractivity contribution < 1.29 is 14.7 Å². The van der Waals surface area contributed by atoms with Crippen molar-refractivity contribution in [3.63, 3.8) is 0 Å². The highest BCUT2D eigenvalue weighted by Gasteiger charge is 2.57. The highest BCUT2D eigenvalue weighted by atomic mass is 35.5. The number of halogens is 1. The summed E-state index contributed by atoms with van der Waals surface area (Å²) >= 11 is 0. The summed E-state index contributed by atoms with van der Waals surface area (Å²) in [5.41, 5.74) is 0.146. The van der Waals surface area contributed by atoms with Crippen LogP contribution in [0.4, 0.5) is 0 Å². The third-order valence-electron chi connectivity index (χ3n) is 4.01. The van der Waals surface area contributed by atoms with Crippen molar-refractivity contribution in [3.05, 3.63) is 35.9 Å². The number of carboxylic acids is 1. The average molecular weight is 297 g/mol. The molecule has 0 radical (unpaired) electrons. The van der Waals surface area contributed by atoms with E-state index in [1.807, 2.05) is 30.3 Å². The van der Waals surface area contributed by atoms with Gasteiger partial charge in [-0.1, -0.05) is 30.3 Å². The molecule has 20 heavy (non-hydrogen) atoms. The number of nitrogens with zero attached hydrogens (tertiary/aromatic N) is 1. The Hall–Kier alpha value is -1.59. The normalized spacial score (nSPS) is 23.9. The Morgan fingerprint density at radius 3 is 2.50 bits per heavy atom. The molecule has 1 aromatic rings. The van der Waals surface area contributed by atoms with Crippen LogP contribution in [0.3, 0.4) is 0 Å². The molecule has 108 valence electrons. The number of carboxylic acid groups (broad SMARTS) is 1. The molecule has 2 aliphatic rings. The largest absolute Gasteiger partial charge is 0.479 e. The lowest BCUT2D eigenvalue weighted by atomic mass is 10.0.